The van der Waals surface area contributed by atoms with Crippen LogP contribution in [0, 0.1) is 0 Å². The maximum absolute atomic E-state index is 3.38. The maximum Gasteiger partial charge on any atom is 0.0655 e. The summed E-state index contributed by atoms with van der Waals surface area (Å²) in [5.41, 5.74) is 4.01. The second kappa shape index (κ2) is 4.31. The highest BCUT2D eigenvalue weighted by atomic mass is 15.2. The van der Waals surface area contributed by atoms with Crippen molar-refractivity contribution < 1.29 is 0 Å². The van der Waals surface area contributed by atoms with Gasteiger partial charge < -0.3 is 15.5 Å². The Hall–Kier alpha value is -1.26. The third-order valence-electron chi connectivity index (χ3n) is 3.29. The van der Waals surface area contributed by atoms with Crippen molar-refractivity contribution in [3.8, 4) is 0 Å². The Balaban J connectivity index is 1.84. The number of benzene rings is 1. The predicted molar refractivity (Wildman–Crippen MR) is 66.9 cm³/mol. The van der Waals surface area contributed by atoms with Crippen molar-refractivity contribution in [2.75, 3.05) is 43.1 Å². The first kappa shape index (κ1) is 9.93. The molecule has 0 aliphatic carbocycles. The Kier molecular flexibility index (Phi) is 2.68. The molecule has 1 saturated heterocycles. The number of anilines is 2. The standard InChI is InChI=1S/C12H18N4/c1-2-12-10(8-14-9-15-12)7-11(1)16-5-3-13-4-6-16/h1-2,7,13-15H,3-6,8-9H2. The first-order chi connectivity index (χ1) is 7.93. The molecule has 1 aromatic carbocycles. The lowest BCUT2D eigenvalue weighted by molar-refractivity contribution is 0.588. The Bertz CT molecular complexity index is 371. The monoisotopic (exact) mass is 218 g/mol. The van der Waals surface area contributed by atoms with E-state index in [4.69, 9.17) is 0 Å². The van der Waals surface area contributed by atoms with E-state index in [0.29, 0.717) is 0 Å². The summed E-state index contributed by atoms with van der Waals surface area (Å²) >= 11 is 0. The molecule has 3 N–H and O–H groups in total. The predicted octanol–water partition coefficient (Wildman–Crippen LogP) is 0.569. The van der Waals surface area contributed by atoms with Crippen molar-refractivity contribution >= 4 is 11.4 Å². The fraction of sp³-hybridized carbons (Fsp3) is 0.500. The largest absolute Gasteiger partial charge is 0.372 e. The zero-order valence-electron chi connectivity index (χ0n) is 9.42. The van der Waals surface area contributed by atoms with Crippen LogP contribution < -0.4 is 20.9 Å². The minimum Gasteiger partial charge on any atom is -0.372 e. The Labute approximate surface area is 96.0 Å². The van der Waals surface area contributed by atoms with Crippen LogP contribution in [-0.4, -0.2) is 32.8 Å². The van der Waals surface area contributed by atoms with E-state index in [1.165, 1.54) is 16.9 Å². The molecule has 0 atom stereocenters. The SMILES string of the molecule is c1cc2c(cc1N1CCNCC1)CNCN2. The van der Waals surface area contributed by atoms with Crippen LogP contribution in [0.5, 0.6) is 0 Å². The summed E-state index contributed by atoms with van der Waals surface area (Å²) in [7, 11) is 0. The van der Waals surface area contributed by atoms with Gasteiger partial charge in [0.05, 0.1) is 6.67 Å². The van der Waals surface area contributed by atoms with Crippen molar-refractivity contribution in [3.05, 3.63) is 23.8 Å². The molecular formula is C12H18N4. The van der Waals surface area contributed by atoms with E-state index in [9.17, 15) is 0 Å². The molecule has 16 heavy (non-hydrogen) atoms. The van der Waals surface area contributed by atoms with E-state index < -0.39 is 0 Å². The lowest BCUT2D eigenvalue weighted by atomic mass is 10.1. The van der Waals surface area contributed by atoms with Gasteiger partial charge in [0.25, 0.3) is 0 Å². The molecule has 0 spiro atoms. The highest BCUT2D eigenvalue weighted by molar-refractivity contribution is 5.61. The molecule has 2 heterocycles. The van der Waals surface area contributed by atoms with Gasteiger partial charge in [-0.1, -0.05) is 0 Å². The number of hydrogen-bond donors (Lipinski definition) is 3. The van der Waals surface area contributed by atoms with Crippen molar-refractivity contribution in [1.29, 1.82) is 0 Å². The maximum atomic E-state index is 3.38. The minimum atomic E-state index is 0.875. The molecular weight excluding hydrogens is 200 g/mol. The van der Waals surface area contributed by atoms with Crippen LogP contribution in [0.15, 0.2) is 18.2 Å². The van der Waals surface area contributed by atoms with Gasteiger partial charge in [-0.05, 0) is 23.8 Å². The molecule has 0 bridgehead atoms. The topological polar surface area (TPSA) is 39.3 Å². The minimum absolute atomic E-state index is 0.875. The molecule has 1 aromatic rings. The van der Waals surface area contributed by atoms with Gasteiger partial charge in [0, 0.05) is 44.1 Å². The third kappa shape index (κ3) is 1.86. The van der Waals surface area contributed by atoms with E-state index in [0.717, 1.165) is 39.4 Å². The summed E-state index contributed by atoms with van der Waals surface area (Å²) in [6.07, 6.45) is 0. The van der Waals surface area contributed by atoms with Crippen molar-refractivity contribution in [1.82, 2.24) is 10.6 Å². The second-order valence-corrected chi connectivity index (χ2v) is 4.36. The summed E-state index contributed by atoms with van der Waals surface area (Å²) in [6, 6.07) is 6.73. The second-order valence-electron chi connectivity index (χ2n) is 4.36. The highest BCUT2D eigenvalue weighted by Crippen LogP contribution is 2.24. The number of hydrogen-bond acceptors (Lipinski definition) is 4. The van der Waals surface area contributed by atoms with Crippen molar-refractivity contribution in [2.45, 2.75) is 6.54 Å². The van der Waals surface area contributed by atoms with Crippen LogP contribution in [0.2, 0.25) is 0 Å². The number of nitrogens with one attached hydrogen (secondary N) is 3. The zero-order chi connectivity index (χ0) is 10.8. The normalized spacial score (nSPS) is 20.1. The first-order valence-corrected chi connectivity index (χ1v) is 5.97. The fourth-order valence-electron chi connectivity index (χ4n) is 2.37. The Morgan fingerprint density at radius 1 is 1.06 bits per heavy atom. The smallest absolute Gasteiger partial charge is 0.0655 e. The Morgan fingerprint density at radius 3 is 2.81 bits per heavy atom. The van der Waals surface area contributed by atoms with Gasteiger partial charge in [0.15, 0.2) is 0 Å². The van der Waals surface area contributed by atoms with E-state index in [1.807, 2.05) is 0 Å². The fourth-order valence-corrected chi connectivity index (χ4v) is 2.37. The summed E-state index contributed by atoms with van der Waals surface area (Å²) in [5, 5.41) is 10.1. The average molecular weight is 218 g/mol. The van der Waals surface area contributed by atoms with Crippen LogP contribution in [0.4, 0.5) is 11.4 Å². The molecule has 4 heteroatoms. The van der Waals surface area contributed by atoms with Gasteiger partial charge in [-0.2, -0.15) is 0 Å². The van der Waals surface area contributed by atoms with Crippen LogP contribution in [0.1, 0.15) is 5.56 Å². The summed E-state index contributed by atoms with van der Waals surface area (Å²) < 4.78 is 0. The molecule has 4 nitrogen and oxygen atoms in total. The summed E-state index contributed by atoms with van der Waals surface area (Å²) in [5.74, 6) is 0. The molecule has 0 radical (unpaired) electrons. The van der Waals surface area contributed by atoms with Crippen molar-refractivity contribution in [2.24, 2.45) is 0 Å². The number of piperazine rings is 1. The summed E-state index contributed by atoms with van der Waals surface area (Å²) in [6.45, 7) is 6.25. The molecule has 0 aromatic heterocycles. The molecule has 3 rings (SSSR count). The number of nitrogens with zero attached hydrogens (tertiary/aromatic N) is 1. The van der Waals surface area contributed by atoms with Gasteiger partial charge in [-0.25, -0.2) is 0 Å². The number of rotatable bonds is 1. The lowest BCUT2D eigenvalue weighted by Gasteiger charge is -2.30. The molecule has 2 aliphatic rings. The molecule has 0 amide bonds. The first-order valence-electron chi connectivity index (χ1n) is 5.97. The van der Waals surface area contributed by atoms with Gasteiger partial charge in [0.2, 0.25) is 0 Å². The van der Waals surface area contributed by atoms with Crippen LogP contribution >= 0.6 is 0 Å². The molecule has 0 unspecified atom stereocenters. The van der Waals surface area contributed by atoms with Crippen LogP contribution in [-0.2, 0) is 6.54 Å². The number of fused-ring (bicyclic) bond motifs is 1. The molecule has 2 aliphatic heterocycles. The van der Waals surface area contributed by atoms with E-state index in [1.54, 1.807) is 0 Å². The van der Waals surface area contributed by atoms with E-state index in [2.05, 4.69) is 39.0 Å². The van der Waals surface area contributed by atoms with E-state index >= 15 is 0 Å². The summed E-state index contributed by atoms with van der Waals surface area (Å²) in [4.78, 5) is 2.45. The van der Waals surface area contributed by atoms with Gasteiger partial charge in [-0.3, -0.25) is 5.32 Å². The molecule has 86 valence electrons. The lowest BCUT2D eigenvalue weighted by Crippen LogP contribution is -2.43. The Morgan fingerprint density at radius 2 is 1.94 bits per heavy atom. The molecule has 1 fully saturated rings. The average Bonchev–Trinajstić information content (AvgIpc) is 2.39. The quantitative estimate of drug-likeness (QED) is 0.644. The third-order valence-corrected chi connectivity index (χ3v) is 3.29. The van der Waals surface area contributed by atoms with E-state index in [-0.39, 0.29) is 0 Å². The van der Waals surface area contributed by atoms with Gasteiger partial charge in [-0.15, -0.1) is 0 Å². The van der Waals surface area contributed by atoms with Gasteiger partial charge in [0.1, 0.15) is 0 Å². The zero-order valence-corrected chi connectivity index (χ0v) is 9.42. The van der Waals surface area contributed by atoms with Crippen LogP contribution in [0.25, 0.3) is 0 Å². The van der Waals surface area contributed by atoms with Crippen LogP contribution in [0.3, 0.4) is 0 Å². The van der Waals surface area contributed by atoms with Crippen molar-refractivity contribution in [3.63, 3.8) is 0 Å². The highest BCUT2D eigenvalue weighted by Gasteiger charge is 2.13. The molecule has 0 saturated carbocycles. The van der Waals surface area contributed by atoms with Gasteiger partial charge >= 0.3 is 0 Å².